The van der Waals surface area contributed by atoms with Gasteiger partial charge in [-0.3, -0.25) is 0 Å². The first kappa shape index (κ1) is 15.8. The van der Waals surface area contributed by atoms with Crippen LogP contribution >= 0.6 is 0 Å². The fraction of sp³-hybridized carbons (Fsp3) is 0.286. The zero-order chi connectivity index (χ0) is 17.4. The van der Waals surface area contributed by atoms with Crippen molar-refractivity contribution in [3.63, 3.8) is 0 Å². The lowest BCUT2D eigenvalue weighted by Crippen LogP contribution is -2.02. The van der Waals surface area contributed by atoms with Gasteiger partial charge in [-0.1, -0.05) is 37.3 Å². The van der Waals surface area contributed by atoms with Crippen LogP contribution in [0.5, 0.6) is 5.75 Å². The van der Waals surface area contributed by atoms with Crippen LogP contribution in [-0.4, -0.2) is 15.5 Å². The minimum atomic E-state index is -0.866. The van der Waals surface area contributed by atoms with E-state index in [9.17, 15) is 9.90 Å². The number of rotatable bonds is 6. The van der Waals surface area contributed by atoms with Crippen LogP contribution in [0.2, 0.25) is 0 Å². The molecule has 25 heavy (non-hydrogen) atoms. The monoisotopic (exact) mass is 335 g/mol. The third-order valence-electron chi connectivity index (χ3n) is 4.84. The van der Waals surface area contributed by atoms with Crippen LogP contribution in [-0.2, 0) is 13.0 Å². The smallest absolute Gasteiger partial charge is 0.338 e. The van der Waals surface area contributed by atoms with Gasteiger partial charge in [-0.25, -0.2) is 4.79 Å². The Balaban J connectivity index is 1.83. The van der Waals surface area contributed by atoms with Crippen molar-refractivity contribution in [1.82, 2.24) is 4.40 Å². The van der Waals surface area contributed by atoms with Gasteiger partial charge in [0.15, 0.2) is 0 Å². The largest absolute Gasteiger partial charge is 0.487 e. The predicted molar refractivity (Wildman–Crippen MR) is 96.5 cm³/mol. The highest BCUT2D eigenvalue weighted by molar-refractivity contribution is 6.00. The maximum Gasteiger partial charge on any atom is 0.338 e. The minimum Gasteiger partial charge on any atom is -0.487 e. The van der Waals surface area contributed by atoms with Gasteiger partial charge in [-0.2, -0.15) is 0 Å². The van der Waals surface area contributed by atoms with Crippen molar-refractivity contribution in [2.24, 2.45) is 0 Å². The number of benzene rings is 1. The molecule has 1 fully saturated rings. The molecule has 0 spiro atoms. The van der Waals surface area contributed by atoms with E-state index in [-0.39, 0.29) is 0 Å². The first-order chi connectivity index (χ1) is 12.2. The van der Waals surface area contributed by atoms with E-state index in [1.165, 1.54) is 0 Å². The lowest BCUT2D eigenvalue weighted by molar-refractivity contribution is 0.0697. The van der Waals surface area contributed by atoms with Crippen LogP contribution in [0.15, 0.2) is 48.7 Å². The lowest BCUT2D eigenvalue weighted by Gasteiger charge is -2.10. The van der Waals surface area contributed by atoms with Crippen molar-refractivity contribution >= 4 is 11.5 Å². The molecule has 3 aromatic rings. The molecule has 0 amide bonds. The Morgan fingerprint density at radius 2 is 1.96 bits per heavy atom. The van der Waals surface area contributed by atoms with Gasteiger partial charge >= 0.3 is 5.97 Å². The summed E-state index contributed by atoms with van der Waals surface area (Å²) in [6, 6.07) is 13.7. The Morgan fingerprint density at radius 1 is 1.20 bits per heavy atom. The highest BCUT2D eigenvalue weighted by atomic mass is 16.5. The molecule has 1 aromatic carbocycles. The first-order valence-electron chi connectivity index (χ1n) is 8.76. The number of hydrogen-bond acceptors (Lipinski definition) is 2. The molecule has 0 saturated heterocycles. The molecule has 1 aliphatic carbocycles. The molecular weight excluding hydrogens is 314 g/mol. The standard InChI is InChI=1S/C21H21NO3/c1-2-16-18(15-10-11-15)19(21(23)24)20-17(9-6-12-22(16)20)25-13-14-7-4-3-5-8-14/h3-9,12,15H,2,10-11,13H2,1H3,(H,23,24). The number of ether oxygens (including phenoxy) is 1. The SMILES string of the molecule is CCc1c(C2CC2)c(C(=O)O)c2c(OCc3ccccc3)cccn12. The molecule has 2 heterocycles. The van der Waals surface area contributed by atoms with Crippen molar-refractivity contribution < 1.29 is 14.6 Å². The van der Waals surface area contributed by atoms with Crippen LogP contribution in [0.1, 0.15) is 52.9 Å². The average Bonchev–Trinajstić information content (AvgIpc) is 3.41. The van der Waals surface area contributed by atoms with Crippen molar-refractivity contribution in [1.29, 1.82) is 0 Å². The van der Waals surface area contributed by atoms with E-state index in [0.717, 1.165) is 36.1 Å². The zero-order valence-electron chi connectivity index (χ0n) is 14.2. The Hall–Kier alpha value is -2.75. The van der Waals surface area contributed by atoms with E-state index < -0.39 is 5.97 Å². The van der Waals surface area contributed by atoms with E-state index >= 15 is 0 Å². The number of hydrogen-bond donors (Lipinski definition) is 1. The third kappa shape index (κ3) is 2.78. The minimum absolute atomic E-state index is 0.378. The summed E-state index contributed by atoms with van der Waals surface area (Å²) in [7, 11) is 0. The second-order valence-electron chi connectivity index (χ2n) is 6.53. The topological polar surface area (TPSA) is 50.9 Å². The van der Waals surface area contributed by atoms with E-state index in [1.807, 2.05) is 53.1 Å². The first-order valence-corrected chi connectivity index (χ1v) is 8.76. The molecule has 1 aliphatic rings. The maximum absolute atomic E-state index is 12.1. The molecule has 0 atom stereocenters. The number of aromatic nitrogens is 1. The zero-order valence-corrected chi connectivity index (χ0v) is 14.2. The van der Waals surface area contributed by atoms with Crippen LogP contribution in [0.25, 0.3) is 5.52 Å². The molecule has 0 radical (unpaired) electrons. The van der Waals surface area contributed by atoms with Crippen molar-refractivity contribution in [3.05, 3.63) is 71.0 Å². The quantitative estimate of drug-likeness (QED) is 0.713. The number of carbonyl (C=O) groups is 1. The van der Waals surface area contributed by atoms with E-state index in [0.29, 0.717) is 29.4 Å². The molecule has 1 saturated carbocycles. The van der Waals surface area contributed by atoms with Gasteiger partial charge < -0.3 is 14.2 Å². The fourth-order valence-electron chi connectivity index (χ4n) is 3.60. The van der Waals surface area contributed by atoms with Crippen molar-refractivity contribution in [2.45, 2.75) is 38.7 Å². The van der Waals surface area contributed by atoms with Gasteiger partial charge in [-0.15, -0.1) is 0 Å². The number of carboxylic acid groups (broad SMARTS) is 1. The molecule has 0 bridgehead atoms. The Bertz CT molecular complexity index is 923. The Kier molecular flexibility index (Phi) is 3.96. The molecule has 4 nitrogen and oxygen atoms in total. The lowest BCUT2D eigenvalue weighted by atomic mass is 10.0. The third-order valence-corrected chi connectivity index (χ3v) is 4.84. The molecule has 1 N–H and O–H groups in total. The highest BCUT2D eigenvalue weighted by Gasteiger charge is 2.35. The molecule has 2 aromatic heterocycles. The molecule has 0 unspecified atom stereocenters. The van der Waals surface area contributed by atoms with Gasteiger partial charge in [0.2, 0.25) is 0 Å². The van der Waals surface area contributed by atoms with Crippen LogP contribution in [0.4, 0.5) is 0 Å². The second kappa shape index (κ2) is 6.28. The summed E-state index contributed by atoms with van der Waals surface area (Å²) >= 11 is 0. The van der Waals surface area contributed by atoms with Gasteiger partial charge in [0.05, 0.1) is 5.56 Å². The van der Waals surface area contributed by atoms with Crippen LogP contribution in [0, 0.1) is 0 Å². The summed E-state index contributed by atoms with van der Waals surface area (Å²) in [4.78, 5) is 12.1. The Labute approximate surface area is 146 Å². The Morgan fingerprint density at radius 3 is 2.60 bits per heavy atom. The number of nitrogens with zero attached hydrogens (tertiary/aromatic N) is 1. The number of aromatic carboxylic acids is 1. The second-order valence-corrected chi connectivity index (χ2v) is 6.53. The molecular formula is C21H21NO3. The van der Waals surface area contributed by atoms with Gasteiger partial charge in [0.1, 0.15) is 17.9 Å². The predicted octanol–water partition coefficient (Wildman–Crippen LogP) is 4.66. The summed E-state index contributed by atoms with van der Waals surface area (Å²) < 4.78 is 8.04. The molecule has 128 valence electrons. The van der Waals surface area contributed by atoms with Crippen molar-refractivity contribution in [2.75, 3.05) is 0 Å². The van der Waals surface area contributed by atoms with Crippen LogP contribution < -0.4 is 4.74 Å². The number of carboxylic acids is 1. The van der Waals surface area contributed by atoms with Gasteiger partial charge in [0, 0.05) is 11.9 Å². The molecule has 0 aliphatic heterocycles. The van der Waals surface area contributed by atoms with Gasteiger partial charge in [-0.05, 0) is 48.4 Å². The van der Waals surface area contributed by atoms with E-state index in [1.54, 1.807) is 0 Å². The van der Waals surface area contributed by atoms with Crippen molar-refractivity contribution in [3.8, 4) is 5.75 Å². The normalized spacial score (nSPS) is 14.0. The summed E-state index contributed by atoms with van der Waals surface area (Å²) in [5, 5.41) is 9.89. The number of fused-ring (bicyclic) bond motifs is 1. The molecule has 4 rings (SSSR count). The highest BCUT2D eigenvalue weighted by Crippen LogP contribution is 2.46. The summed E-state index contributed by atoms with van der Waals surface area (Å²) in [6.45, 7) is 2.50. The fourth-order valence-corrected chi connectivity index (χ4v) is 3.60. The van der Waals surface area contributed by atoms with Gasteiger partial charge in [0.25, 0.3) is 0 Å². The van der Waals surface area contributed by atoms with E-state index in [2.05, 4.69) is 6.92 Å². The maximum atomic E-state index is 12.1. The summed E-state index contributed by atoms with van der Waals surface area (Å²) in [6.07, 6.45) is 4.90. The van der Waals surface area contributed by atoms with Crippen LogP contribution in [0.3, 0.4) is 0 Å². The molecule has 4 heteroatoms. The van der Waals surface area contributed by atoms with E-state index in [4.69, 9.17) is 4.74 Å². The number of pyridine rings is 1. The summed E-state index contributed by atoms with van der Waals surface area (Å²) in [5.41, 5.74) is 4.27. The summed E-state index contributed by atoms with van der Waals surface area (Å²) in [5.74, 6) is 0.142. The average molecular weight is 335 g/mol. The number of aryl methyl sites for hydroxylation is 1.